The molecule has 2 aromatic carbocycles. The van der Waals surface area contributed by atoms with E-state index >= 15 is 0 Å². The Bertz CT molecular complexity index is 698. The molecule has 27 heavy (non-hydrogen) atoms. The van der Waals surface area contributed by atoms with E-state index in [2.05, 4.69) is 5.32 Å². The van der Waals surface area contributed by atoms with Gasteiger partial charge in [-0.3, -0.25) is 9.69 Å². The van der Waals surface area contributed by atoms with Gasteiger partial charge < -0.3 is 10.2 Å². The molecule has 1 aliphatic heterocycles. The van der Waals surface area contributed by atoms with Gasteiger partial charge >= 0.3 is 0 Å². The zero-order valence-corrected chi connectivity index (χ0v) is 15.5. The van der Waals surface area contributed by atoms with Gasteiger partial charge in [0.05, 0.1) is 6.54 Å². The van der Waals surface area contributed by atoms with Crippen LogP contribution in [0.5, 0.6) is 0 Å². The van der Waals surface area contributed by atoms with Crippen LogP contribution in [-0.2, 0) is 4.79 Å². The van der Waals surface area contributed by atoms with Crippen molar-refractivity contribution in [2.24, 2.45) is 0 Å². The van der Waals surface area contributed by atoms with Crippen LogP contribution in [0.3, 0.4) is 0 Å². The summed E-state index contributed by atoms with van der Waals surface area (Å²) >= 11 is 0. The van der Waals surface area contributed by atoms with E-state index in [1.807, 2.05) is 16.8 Å². The summed E-state index contributed by atoms with van der Waals surface area (Å²) in [7, 11) is 1.90. The van der Waals surface area contributed by atoms with Gasteiger partial charge in [0.25, 0.3) is 0 Å². The Labute approximate surface area is 158 Å². The molecule has 4 nitrogen and oxygen atoms in total. The Balaban J connectivity index is 1.73. The van der Waals surface area contributed by atoms with Gasteiger partial charge in [-0.25, -0.2) is 8.78 Å². The summed E-state index contributed by atoms with van der Waals surface area (Å²) < 4.78 is 26.7. The summed E-state index contributed by atoms with van der Waals surface area (Å²) in [6.07, 6.45) is 0. The molecule has 0 aromatic heterocycles. The summed E-state index contributed by atoms with van der Waals surface area (Å²) in [6.45, 7) is 4.00. The standard InChI is InChI=1S/C21H25F2N3O/c1-25(15-21(27)26-12-10-24-11-13-26)14-20(16-2-6-18(22)7-3-16)17-4-8-19(23)9-5-17/h2-9,20,24H,10-15H2,1H3. The number of rotatable bonds is 6. The molecule has 2 aromatic rings. The van der Waals surface area contributed by atoms with Crippen LogP contribution in [0.4, 0.5) is 8.78 Å². The van der Waals surface area contributed by atoms with Crippen molar-refractivity contribution in [3.05, 3.63) is 71.3 Å². The maximum absolute atomic E-state index is 13.3. The first-order chi connectivity index (χ1) is 13.0. The Hall–Kier alpha value is -2.31. The largest absolute Gasteiger partial charge is 0.339 e. The molecule has 0 radical (unpaired) electrons. The third-order valence-electron chi connectivity index (χ3n) is 4.91. The summed E-state index contributed by atoms with van der Waals surface area (Å²) in [5, 5.41) is 3.24. The van der Waals surface area contributed by atoms with Crippen LogP contribution in [0.1, 0.15) is 17.0 Å². The van der Waals surface area contributed by atoms with Gasteiger partial charge in [-0.1, -0.05) is 24.3 Å². The predicted molar refractivity (Wildman–Crippen MR) is 102 cm³/mol. The summed E-state index contributed by atoms with van der Waals surface area (Å²) in [5.74, 6) is -0.555. The molecule has 0 bridgehead atoms. The molecule has 0 atom stereocenters. The van der Waals surface area contributed by atoms with Crippen molar-refractivity contribution >= 4 is 5.91 Å². The minimum atomic E-state index is -0.293. The molecule has 144 valence electrons. The smallest absolute Gasteiger partial charge is 0.236 e. The van der Waals surface area contributed by atoms with Gasteiger partial charge in [-0.15, -0.1) is 0 Å². The Morgan fingerprint density at radius 3 is 1.96 bits per heavy atom. The number of hydrogen-bond acceptors (Lipinski definition) is 3. The number of halogens is 2. The minimum Gasteiger partial charge on any atom is -0.339 e. The van der Waals surface area contributed by atoms with Crippen LogP contribution in [-0.4, -0.2) is 62.0 Å². The zero-order valence-electron chi connectivity index (χ0n) is 15.5. The summed E-state index contributed by atoms with van der Waals surface area (Å²) in [4.78, 5) is 16.4. The number of carbonyl (C=O) groups is 1. The molecular weight excluding hydrogens is 348 g/mol. The molecule has 1 amide bonds. The first-order valence-corrected chi connectivity index (χ1v) is 9.21. The number of likely N-dealkylation sites (N-methyl/N-ethyl adjacent to an activating group) is 1. The third-order valence-corrected chi connectivity index (χ3v) is 4.91. The number of benzene rings is 2. The van der Waals surface area contributed by atoms with Crippen molar-refractivity contribution in [1.29, 1.82) is 0 Å². The lowest BCUT2D eigenvalue weighted by Crippen LogP contribution is -2.49. The van der Waals surface area contributed by atoms with Gasteiger partial charge in [-0.05, 0) is 42.4 Å². The fourth-order valence-corrected chi connectivity index (χ4v) is 3.41. The second kappa shape index (κ2) is 9.06. The lowest BCUT2D eigenvalue weighted by molar-refractivity contribution is -0.132. The van der Waals surface area contributed by atoms with E-state index in [0.29, 0.717) is 13.1 Å². The second-order valence-electron chi connectivity index (χ2n) is 6.98. The lowest BCUT2D eigenvalue weighted by atomic mass is 9.90. The van der Waals surface area contributed by atoms with Crippen molar-refractivity contribution in [3.8, 4) is 0 Å². The van der Waals surface area contributed by atoms with E-state index in [0.717, 1.165) is 37.3 Å². The van der Waals surface area contributed by atoms with Crippen LogP contribution in [0, 0.1) is 11.6 Å². The molecule has 6 heteroatoms. The van der Waals surface area contributed by atoms with Crippen molar-refractivity contribution in [2.45, 2.75) is 5.92 Å². The Morgan fingerprint density at radius 1 is 1.00 bits per heavy atom. The highest BCUT2D eigenvalue weighted by molar-refractivity contribution is 5.78. The number of amides is 1. The van der Waals surface area contributed by atoms with Gasteiger partial charge in [0.1, 0.15) is 11.6 Å². The van der Waals surface area contributed by atoms with E-state index < -0.39 is 0 Å². The minimum absolute atomic E-state index is 0.0768. The normalized spacial score (nSPS) is 14.8. The lowest BCUT2D eigenvalue weighted by Gasteiger charge is -2.30. The topological polar surface area (TPSA) is 35.6 Å². The van der Waals surface area contributed by atoms with Crippen molar-refractivity contribution in [2.75, 3.05) is 46.3 Å². The first kappa shape index (κ1) is 19.5. The highest BCUT2D eigenvalue weighted by atomic mass is 19.1. The zero-order chi connectivity index (χ0) is 19.2. The molecule has 3 rings (SSSR count). The molecule has 1 aliphatic rings. The molecule has 1 saturated heterocycles. The first-order valence-electron chi connectivity index (χ1n) is 9.21. The van der Waals surface area contributed by atoms with Crippen molar-refractivity contribution in [1.82, 2.24) is 15.1 Å². The van der Waals surface area contributed by atoms with Gasteiger partial charge in [0.15, 0.2) is 0 Å². The number of hydrogen-bond donors (Lipinski definition) is 1. The van der Waals surface area contributed by atoms with Crippen LogP contribution < -0.4 is 5.32 Å². The van der Waals surface area contributed by atoms with Gasteiger partial charge in [0.2, 0.25) is 5.91 Å². The number of nitrogens with zero attached hydrogens (tertiary/aromatic N) is 2. The van der Waals surface area contributed by atoms with E-state index in [9.17, 15) is 13.6 Å². The monoisotopic (exact) mass is 373 g/mol. The second-order valence-corrected chi connectivity index (χ2v) is 6.98. The fourth-order valence-electron chi connectivity index (χ4n) is 3.41. The molecule has 0 unspecified atom stereocenters. The van der Waals surface area contributed by atoms with E-state index in [1.54, 1.807) is 24.3 Å². The SMILES string of the molecule is CN(CC(=O)N1CCNCC1)CC(c1ccc(F)cc1)c1ccc(F)cc1. The third kappa shape index (κ3) is 5.34. The highest BCUT2D eigenvalue weighted by Crippen LogP contribution is 2.26. The van der Waals surface area contributed by atoms with E-state index in [4.69, 9.17) is 0 Å². The average Bonchev–Trinajstić information content (AvgIpc) is 2.68. The maximum Gasteiger partial charge on any atom is 0.236 e. The number of piperazine rings is 1. The molecule has 0 saturated carbocycles. The maximum atomic E-state index is 13.3. The fraction of sp³-hybridized carbons (Fsp3) is 0.381. The molecule has 0 aliphatic carbocycles. The highest BCUT2D eigenvalue weighted by Gasteiger charge is 2.21. The van der Waals surface area contributed by atoms with E-state index in [-0.39, 0.29) is 23.5 Å². The van der Waals surface area contributed by atoms with Crippen LogP contribution in [0.2, 0.25) is 0 Å². The van der Waals surface area contributed by atoms with Gasteiger partial charge in [-0.2, -0.15) is 0 Å². The molecular formula is C21H25F2N3O. The molecule has 0 spiro atoms. The average molecular weight is 373 g/mol. The van der Waals surface area contributed by atoms with Gasteiger partial charge in [0, 0.05) is 38.6 Å². The molecule has 1 N–H and O–H groups in total. The Kier molecular flexibility index (Phi) is 6.53. The van der Waals surface area contributed by atoms with Crippen molar-refractivity contribution < 1.29 is 13.6 Å². The summed E-state index contributed by atoms with van der Waals surface area (Å²) in [5.41, 5.74) is 1.87. The van der Waals surface area contributed by atoms with Crippen LogP contribution >= 0.6 is 0 Å². The molecule has 1 heterocycles. The van der Waals surface area contributed by atoms with Crippen molar-refractivity contribution in [3.63, 3.8) is 0 Å². The predicted octanol–water partition coefficient (Wildman–Crippen LogP) is 2.46. The number of carbonyl (C=O) groups excluding carboxylic acids is 1. The van der Waals surface area contributed by atoms with E-state index in [1.165, 1.54) is 24.3 Å². The Morgan fingerprint density at radius 2 is 1.48 bits per heavy atom. The summed E-state index contributed by atoms with van der Waals surface area (Å²) in [6, 6.07) is 12.7. The molecule has 1 fully saturated rings. The van der Waals surface area contributed by atoms with Crippen LogP contribution in [0.15, 0.2) is 48.5 Å². The quantitative estimate of drug-likeness (QED) is 0.845. The van der Waals surface area contributed by atoms with Crippen LogP contribution in [0.25, 0.3) is 0 Å². The number of nitrogens with one attached hydrogen (secondary N) is 1.